The third kappa shape index (κ3) is 1.47. The quantitative estimate of drug-likeness (QED) is 0.800. The fourth-order valence-electron chi connectivity index (χ4n) is 4.34. The van der Waals surface area contributed by atoms with Gasteiger partial charge < -0.3 is 5.11 Å². The molecule has 1 heterocycles. The van der Waals surface area contributed by atoms with E-state index in [-0.39, 0.29) is 36.7 Å². The summed E-state index contributed by atoms with van der Waals surface area (Å²) >= 11 is 0. The molecule has 4 atom stereocenters. The van der Waals surface area contributed by atoms with Crippen LogP contribution in [0.15, 0.2) is 24.3 Å². The number of benzene rings is 1. The SMILES string of the molecule is O=C1C[C@H]2c3ccccc3[C@H]1[C@H]1C(=O)N(CCO)C(=O)[C@@H]12. The molecule has 21 heavy (non-hydrogen) atoms. The molecule has 1 aromatic carbocycles. The number of aliphatic hydroxyl groups is 1. The van der Waals surface area contributed by atoms with E-state index in [2.05, 4.69) is 0 Å². The Hall–Kier alpha value is -2.01. The Morgan fingerprint density at radius 1 is 1.05 bits per heavy atom. The van der Waals surface area contributed by atoms with Gasteiger partial charge in [0.25, 0.3) is 0 Å². The van der Waals surface area contributed by atoms with Crippen LogP contribution >= 0.6 is 0 Å². The molecule has 5 nitrogen and oxygen atoms in total. The second-order valence-corrected chi connectivity index (χ2v) is 5.99. The van der Waals surface area contributed by atoms with Gasteiger partial charge in [-0.1, -0.05) is 24.3 Å². The molecular weight excluding hydrogens is 270 g/mol. The zero-order valence-corrected chi connectivity index (χ0v) is 11.4. The highest BCUT2D eigenvalue weighted by atomic mass is 16.3. The fourth-order valence-corrected chi connectivity index (χ4v) is 4.34. The van der Waals surface area contributed by atoms with Crippen LogP contribution in [-0.4, -0.2) is 40.8 Å². The van der Waals surface area contributed by atoms with Crippen molar-refractivity contribution in [2.45, 2.75) is 18.3 Å². The maximum Gasteiger partial charge on any atom is 0.234 e. The van der Waals surface area contributed by atoms with Gasteiger partial charge in [0.1, 0.15) is 5.78 Å². The van der Waals surface area contributed by atoms with Gasteiger partial charge in [-0.3, -0.25) is 19.3 Å². The number of hydrogen-bond donors (Lipinski definition) is 1. The summed E-state index contributed by atoms with van der Waals surface area (Å²) in [5.41, 5.74) is 1.95. The topological polar surface area (TPSA) is 74.7 Å². The molecule has 1 N–H and O–H groups in total. The second-order valence-electron chi connectivity index (χ2n) is 5.99. The first-order chi connectivity index (χ1) is 10.1. The number of likely N-dealkylation sites (tertiary alicyclic amines) is 1. The molecule has 1 aliphatic heterocycles. The van der Waals surface area contributed by atoms with E-state index in [1.807, 2.05) is 24.3 Å². The van der Waals surface area contributed by atoms with Gasteiger partial charge in [0.2, 0.25) is 11.8 Å². The number of carbonyl (C=O) groups is 3. The average molecular weight is 285 g/mol. The molecule has 3 aliphatic carbocycles. The molecule has 1 saturated carbocycles. The van der Waals surface area contributed by atoms with Gasteiger partial charge in [-0.2, -0.15) is 0 Å². The highest BCUT2D eigenvalue weighted by Gasteiger charge is 2.62. The van der Waals surface area contributed by atoms with Gasteiger partial charge in [-0.15, -0.1) is 0 Å². The maximum absolute atomic E-state index is 12.5. The Bertz CT molecular complexity index is 668. The normalized spacial score (nSPS) is 33.4. The van der Waals surface area contributed by atoms with Crippen molar-refractivity contribution in [3.05, 3.63) is 35.4 Å². The van der Waals surface area contributed by atoms with Crippen LogP contribution in [0.5, 0.6) is 0 Å². The summed E-state index contributed by atoms with van der Waals surface area (Å²) in [5, 5.41) is 9.06. The first-order valence-electron chi connectivity index (χ1n) is 7.22. The van der Waals surface area contributed by atoms with Crippen LogP contribution in [0.25, 0.3) is 0 Å². The third-order valence-corrected chi connectivity index (χ3v) is 5.10. The Kier molecular flexibility index (Phi) is 2.57. The molecule has 2 amide bonds. The van der Waals surface area contributed by atoms with E-state index in [1.54, 1.807) is 0 Å². The first kappa shape index (κ1) is 12.7. The maximum atomic E-state index is 12.5. The zero-order chi connectivity index (χ0) is 14.7. The Labute approximate surface area is 121 Å². The summed E-state index contributed by atoms with van der Waals surface area (Å²) in [6.07, 6.45) is 0.342. The molecule has 2 bridgehead atoms. The third-order valence-electron chi connectivity index (χ3n) is 5.10. The van der Waals surface area contributed by atoms with Crippen molar-refractivity contribution in [2.75, 3.05) is 13.2 Å². The van der Waals surface area contributed by atoms with Crippen LogP contribution in [0.1, 0.15) is 29.4 Å². The summed E-state index contributed by atoms with van der Waals surface area (Å²) in [4.78, 5) is 38.5. The number of β-amino-alcohol motifs (C(OH)–C–C–N with tert-alkyl or cyclic N) is 1. The Morgan fingerprint density at radius 2 is 1.71 bits per heavy atom. The predicted molar refractivity (Wildman–Crippen MR) is 72.3 cm³/mol. The minimum Gasteiger partial charge on any atom is -0.395 e. The number of ketones is 1. The lowest BCUT2D eigenvalue weighted by Gasteiger charge is -2.43. The number of Topliss-reactive ketones (excluding diaryl/α,β-unsaturated/α-hetero) is 1. The minimum absolute atomic E-state index is 0.0225. The lowest BCUT2D eigenvalue weighted by molar-refractivity contribution is -0.141. The second kappa shape index (κ2) is 4.24. The average Bonchev–Trinajstić information content (AvgIpc) is 2.74. The van der Waals surface area contributed by atoms with Crippen molar-refractivity contribution in [3.63, 3.8) is 0 Å². The summed E-state index contributed by atoms with van der Waals surface area (Å²) in [5.74, 6) is -2.13. The van der Waals surface area contributed by atoms with Gasteiger partial charge in [0.15, 0.2) is 0 Å². The zero-order valence-electron chi connectivity index (χ0n) is 11.4. The van der Waals surface area contributed by atoms with Crippen molar-refractivity contribution in [2.24, 2.45) is 11.8 Å². The van der Waals surface area contributed by atoms with Crippen LogP contribution in [0.3, 0.4) is 0 Å². The van der Waals surface area contributed by atoms with Crippen LogP contribution in [0.2, 0.25) is 0 Å². The van der Waals surface area contributed by atoms with Gasteiger partial charge >= 0.3 is 0 Å². The fraction of sp³-hybridized carbons (Fsp3) is 0.438. The van der Waals surface area contributed by atoms with Crippen LogP contribution in [-0.2, 0) is 14.4 Å². The molecule has 0 unspecified atom stereocenters. The molecule has 0 aromatic heterocycles. The smallest absolute Gasteiger partial charge is 0.234 e. The molecule has 1 saturated heterocycles. The van der Waals surface area contributed by atoms with Crippen LogP contribution in [0, 0.1) is 11.8 Å². The number of imide groups is 1. The molecule has 108 valence electrons. The van der Waals surface area contributed by atoms with E-state index in [4.69, 9.17) is 5.11 Å². The number of aliphatic hydroxyl groups excluding tert-OH is 1. The number of carbonyl (C=O) groups excluding carboxylic acids is 3. The highest BCUT2D eigenvalue weighted by molar-refractivity contribution is 6.11. The molecular formula is C16H15NO4. The van der Waals surface area contributed by atoms with E-state index in [9.17, 15) is 14.4 Å². The molecule has 4 aliphatic rings. The largest absolute Gasteiger partial charge is 0.395 e. The summed E-state index contributed by atoms with van der Waals surface area (Å²) in [7, 11) is 0. The molecule has 5 rings (SSSR count). The lowest BCUT2D eigenvalue weighted by Crippen LogP contribution is -2.44. The van der Waals surface area contributed by atoms with Gasteiger partial charge in [0, 0.05) is 12.3 Å². The number of fused-ring (bicyclic) bond motifs is 1. The minimum atomic E-state index is -0.565. The van der Waals surface area contributed by atoms with E-state index < -0.39 is 17.8 Å². The number of rotatable bonds is 2. The molecule has 2 fully saturated rings. The van der Waals surface area contributed by atoms with Gasteiger partial charge in [-0.25, -0.2) is 0 Å². The van der Waals surface area contributed by atoms with E-state index in [0.717, 1.165) is 16.0 Å². The first-order valence-corrected chi connectivity index (χ1v) is 7.22. The van der Waals surface area contributed by atoms with Gasteiger partial charge in [0.05, 0.1) is 30.9 Å². The number of amides is 2. The summed E-state index contributed by atoms with van der Waals surface area (Å²) in [6, 6.07) is 7.63. The highest BCUT2D eigenvalue weighted by Crippen LogP contribution is 2.57. The summed E-state index contributed by atoms with van der Waals surface area (Å²) < 4.78 is 0. The summed E-state index contributed by atoms with van der Waals surface area (Å²) in [6.45, 7) is -0.220. The van der Waals surface area contributed by atoms with E-state index in [0.29, 0.717) is 6.42 Å². The predicted octanol–water partition coefficient (Wildman–Crippen LogP) is 0.434. The molecule has 0 radical (unpaired) electrons. The Morgan fingerprint density at radius 3 is 2.43 bits per heavy atom. The lowest BCUT2D eigenvalue weighted by atomic mass is 9.56. The van der Waals surface area contributed by atoms with Crippen molar-refractivity contribution in [1.82, 2.24) is 4.90 Å². The molecule has 0 spiro atoms. The molecule has 5 heteroatoms. The van der Waals surface area contributed by atoms with Crippen molar-refractivity contribution < 1.29 is 19.5 Å². The standard InChI is InChI=1S/C16H15NO4/c18-6-5-17-15(20)13-10-7-11(19)12(14(13)16(17)21)9-4-2-1-3-8(9)10/h1-4,10,12-14,18H,5-7H2/t10-,12+,13+,14+/m0/s1. The van der Waals surface area contributed by atoms with Crippen LogP contribution < -0.4 is 0 Å². The number of hydrogen-bond acceptors (Lipinski definition) is 4. The van der Waals surface area contributed by atoms with Crippen molar-refractivity contribution >= 4 is 17.6 Å². The molecule has 1 aromatic rings. The number of nitrogens with zero attached hydrogens (tertiary/aromatic N) is 1. The Balaban J connectivity index is 1.87. The van der Waals surface area contributed by atoms with Crippen molar-refractivity contribution in [3.8, 4) is 0 Å². The van der Waals surface area contributed by atoms with Crippen LogP contribution in [0.4, 0.5) is 0 Å². The van der Waals surface area contributed by atoms with E-state index >= 15 is 0 Å². The van der Waals surface area contributed by atoms with Gasteiger partial charge in [-0.05, 0) is 11.1 Å². The monoisotopic (exact) mass is 285 g/mol. The van der Waals surface area contributed by atoms with E-state index in [1.165, 1.54) is 0 Å². The van der Waals surface area contributed by atoms with Crippen molar-refractivity contribution in [1.29, 1.82) is 0 Å².